The second kappa shape index (κ2) is 4.02. The molecule has 0 radical (unpaired) electrons. The number of nitrogens with zero attached hydrogens (tertiary/aromatic N) is 4. The lowest BCUT2D eigenvalue weighted by Gasteiger charge is -1.91. The highest BCUT2D eigenvalue weighted by molar-refractivity contribution is 4.77. The lowest BCUT2D eigenvalue weighted by atomic mass is 10.4. The van der Waals surface area contributed by atoms with Crippen molar-refractivity contribution in [1.29, 1.82) is 0 Å². The summed E-state index contributed by atoms with van der Waals surface area (Å²) in [5.74, 6) is 0.807. The van der Waals surface area contributed by atoms with E-state index in [-0.39, 0.29) is 0 Å². The van der Waals surface area contributed by atoms with Crippen LogP contribution in [0.4, 0.5) is 0 Å². The first kappa shape index (κ1) is 8.13. The highest BCUT2D eigenvalue weighted by Gasteiger charge is 1.98. The molecule has 1 N–H and O–H groups in total. The van der Waals surface area contributed by atoms with Crippen molar-refractivity contribution in [2.75, 3.05) is 13.6 Å². The molecule has 0 bridgehead atoms. The zero-order valence-electron chi connectivity index (χ0n) is 6.91. The number of rotatable bonds is 4. The van der Waals surface area contributed by atoms with Crippen LogP contribution in [0.15, 0.2) is 0 Å². The minimum Gasteiger partial charge on any atom is -0.319 e. The number of tetrazole rings is 1. The van der Waals surface area contributed by atoms with Gasteiger partial charge in [0, 0.05) is 13.0 Å². The quantitative estimate of drug-likeness (QED) is 0.634. The number of nitrogens with one attached hydrogen (secondary N) is 1. The Kier molecular flexibility index (Phi) is 2.97. The molecule has 0 saturated carbocycles. The summed E-state index contributed by atoms with van der Waals surface area (Å²) in [5, 5.41) is 14.8. The maximum absolute atomic E-state index is 4.12. The topological polar surface area (TPSA) is 55.6 Å². The number of aryl methyl sites for hydroxylation is 1. The Labute approximate surface area is 65.8 Å². The average molecular weight is 155 g/mol. The lowest BCUT2D eigenvalue weighted by Crippen LogP contribution is -2.11. The van der Waals surface area contributed by atoms with Gasteiger partial charge >= 0.3 is 0 Å². The number of aromatic nitrogens is 4. The van der Waals surface area contributed by atoms with E-state index in [4.69, 9.17) is 0 Å². The molecular formula is C6H13N5. The van der Waals surface area contributed by atoms with Crippen molar-refractivity contribution in [1.82, 2.24) is 25.5 Å². The summed E-state index contributed by atoms with van der Waals surface area (Å²) in [7, 11) is 1.91. The number of hydrogen-bond acceptors (Lipinski definition) is 4. The van der Waals surface area contributed by atoms with Gasteiger partial charge in [-0.3, -0.25) is 0 Å². The second-order valence-electron chi connectivity index (χ2n) is 2.25. The molecule has 0 amide bonds. The van der Waals surface area contributed by atoms with E-state index in [1.165, 1.54) is 0 Å². The fourth-order valence-electron chi connectivity index (χ4n) is 0.747. The molecule has 62 valence electrons. The van der Waals surface area contributed by atoms with Crippen LogP contribution in [0, 0.1) is 0 Å². The Balaban J connectivity index is 2.44. The molecule has 0 aromatic carbocycles. The van der Waals surface area contributed by atoms with Crippen LogP contribution in [0.1, 0.15) is 12.7 Å². The normalized spacial score (nSPS) is 10.4. The molecule has 0 aliphatic carbocycles. The molecule has 0 unspecified atom stereocenters. The molecular weight excluding hydrogens is 142 g/mol. The highest BCUT2D eigenvalue weighted by atomic mass is 15.6. The molecule has 1 aromatic heterocycles. The third kappa shape index (κ3) is 2.27. The molecule has 0 saturated heterocycles. The largest absolute Gasteiger partial charge is 0.319 e. The van der Waals surface area contributed by atoms with E-state index >= 15 is 0 Å². The maximum Gasteiger partial charge on any atom is 0.176 e. The zero-order valence-corrected chi connectivity index (χ0v) is 6.91. The van der Waals surface area contributed by atoms with E-state index in [1.54, 1.807) is 4.80 Å². The first-order chi connectivity index (χ1) is 5.36. The van der Waals surface area contributed by atoms with Crippen molar-refractivity contribution < 1.29 is 0 Å². The average Bonchev–Trinajstić information content (AvgIpc) is 2.48. The van der Waals surface area contributed by atoms with Gasteiger partial charge in [0.1, 0.15) is 0 Å². The Morgan fingerprint density at radius 2 is 2.36 bits per heavy atom. The first-order valence-electron chi connectivity index (χ1n) is 3.78. The fourth-order valence-corrected chi connectivity index (χ4v) is 0.747. The van der Waals surface area contributed by atoms with Gasteiger partial charge in [-0.25, -0.2) is 0 Å². The van der Waals surface area contributed by atoms with E-state index in [0.717, 1.165) is 25.3 Å². The van der Waals surface area contributed by atoms with E-state index < -0.39 is 0 Å². The van der Waals surface area contributed by atoms with Gasteiger partial charge in [0.25, 0.3) is 0 Å². The van der Waals surface area contributed by atoms with Crippen molar-refractivity contribution in [2.45, 2.75) is 19.9 Å². The molecule has 0 aliphatic rings. The number of hydrogen-bond donors (Lipinski definition) is 1. The highest BCUT2D eigenvalue weighted by Crippen LogP contribution is 1.86. The van der Waals surface area contributed by atoms with Crippen LogP contribution in [0.25, 0.3) is 0 Å². The molecule has 1 rings (SSSR count). The molecule has 1 heterocycles. The third-order valence-corrected chi connectivity index (χ3v) is 1.38. The molecule has 0 fully saturated rings. The predicted molar refractivity (Wildman–Crippen MR) is 41.1 cm³/mol. The SMILES string of the molecule is CCn1nnc(CCNC)n1. The van der Waals surface area contributed by atoms with Crippen LogP contribution in [-0.2, 0) is 13.0 Å². The van der Waals surface area contributed by atoms with E-state index in [1.807, 2.05) is 14.0 Å². The van der Waals surface area contributed by atoms with Crippen molar-refractivity contribution in [3.63, 3.8) is 0 Å². The summed E-state index contributed by atoms with van der Waals surface area (Å²) in [6, 6.07) is 0. The predicted octanol–water partition coefficient (Wildman–Crippen LogP) is -0.545. The second-order valence-corrected chi connectivity index (χ2v) is 2.25. The zero-order chi connectivity index (χ0) is 8.10. The molecule has 0 atom stereocenters. The third-order valence-electron chi connectivity index (χ3n) is 1.38. The molecule has 5 heteroatoms. The van der Waals surface area contributed by atoms with Crippen LogP contribution in [0.3, 0.4) is 0 Å². The Morgan fingerprint density at radius 3 is 2.91 bits per heavy atom. The van der Waals surface area contributed by atoms with Crippen molar-refractivity contribution in [2.24, 2.45) is 0 Å². The fraction of sp³-hybridized carbons (Fsp3) is 0.833. The number of likely N-dealkylation sites (N-methyl/N-ethyl adjacent to an activating group) is 1. The summed E-state index contributed by atoms with van der Waals surface area (Å²) in [6.07, 6.45) is 0.844. The van der Waals surface area contributed by atoms with Crippen LogP contribution in [-0.4, -0.2) is 33.8 Å². The molecule has 1 aromatic rings. The maximum atomic E-state index is 4.12. The summed E-state index contributed by atoms with van der Waals surface area (Å²) >= 11 is 0. The van der Waals surface area contributed by atoms with Gasteiger partial charge in [0.15, 0.2) is 5.82 Å². The minimum absolute atomic E-state index is 0.784. The molecule has 0 spiro atoms. The van der Waals surface area contributed by atoms with Gasteiger partial charge < -0.3 is 5.32 Å². The van der Waals surface area contributed by atoms with Crippen LogP contribution in [0.2, 0.25) is 0 Å². The summed E-state index contributed by atoms with van der Waals surface area (Å²) in [5.41, 5.74) is 0. The Bertz CT molecular complexity index is 206. The molecule has 0 aliphatic heterocycles. The minimum atomic E-state index is 0.784. The summed E-state index contributed by atoms with van der Waals surface area (Å²) < 4.78 is 0. The monoisotopic (exact) mass is 155 g/mol. The van der Waals surface area contributed by atoms with Crippen LogP contribution >= 0.6 is 0 Å². The van der Waals surface area contributed by atoms with Crippen LogP contribution in [0.5, 0.6) is 0 Å². The lowest BCUT2D eigenvalue weighted by molar-refractivity contribution is 0.550. The Morgan fingerprint density at radius 1 is 1.55 bits per heavy atom. The van der Waals surface area contributed by atoms with E-state index in [2.05, 4.69) is 20.7 Å². The Hall–Kier alpha value is -0.970. The van der Waals surface area contributed by atoms with Crippen molar-refractivity contribution in [3.05, 3.63) is 5.82 Å². The van der Waals surface area contributed by atoms with E-state index in [0.29, 0.717) is 0 Å². The van der Waals surface area contributed by atoms with Gasteiger partial charge in [-0.2, -0.15) is 4.80 Å². The molecule has 11 heavy (non-hydrogen) atoms. The van der Waals surface area contributed by atoms with Gasteiger partial charge in [-0.15, -0.1) is 10.2 Å². The van der Waals surface area contributed by atoms with Gasteiger partial charge in [-0.05, 0) is 19.2 Å². The summed E-state index contributed by atoms with van der Waals surface area (Å²) in [6.45, 7) is 3.67. The van der Waals surface area contributed by atoms with Gasteiger partial charge in [0.2, 0.25) is 0 Å². The molecule has 5 nitrogen and oxygen atoms in total. The summed E-state index contributed by atoms with van der Waals surface area (Å²) in [4.78, 5) is 1.59. The van der Waals surface area contributed by atoms with Gasteiger partial charge in [0.05, 0.1) is 6.54 Å². The standard InChI is InChI=1S/C6H13N5/c1-3-11-9-6(8-10-11)4-5-7-2/h7H,3-5H2,1-2H3. The van der Waals surface area contributed by atoms with Gasteiger partial charge in [-0.1, -0.05) is 0 Å². The van der Waals surface area contributed by atoms with E-state index in [9.17, 15) is 0 Å². The first-order valence-corrected chi connectivity index (χ1v) is 3.78. The van der Waals surface area contributed by atoms with Crippen molar-refractivity contribution in [3.8, 4) is 0 Å². The smallest absolute Gasteiger partial charge is 0.176 e. The van der Waals surface area contributed by atoms with Crippen molar-refractivity contribution >= 4 is 0 Å². The van der Waals surface area contributed by atoms with Crippen LogP contribution < -0.4 is 5.32 Å².